The minimum atomic E-state index is -0.641. The fourth-order valence-electron chi connectivity index (χ4n) is 2.02. The second-order valence-electron chi connectivity index (χ2n) is 4.11. The van der Waals surface area contributed by atoms with Gasteiger partial charge < -0.3 is 20.4 Å². The summed E-state index contributed by atoms with van der Waals surface area (Å²) < 4.78 is 0. The van der Waals surface area contributed by atoms with Crippen LogP contribution in [0.5, 0.6) is 0 Å². The summed E-state index contributed by atoms with van der Waals surface area (Å²) in [6, 6.07) is -0.0182. The van der Waals surface area contributed by atoms with Gasteiger partial charge in [-0.3, -0.25) is 4.90 Å². The molecule has 0 saturated carbocycles. The Balaban J connectivity index is 1.72. The zero-order valence-corrected chi connectivity index (χ0v) is 8.59. The Hall–Kier alpha value is -0.850. The monoisotopic (exact) mass is 215 g/mol. The number of amides is 2. The second-order valence-corrected chi connectivity index (χ2v) is 4.11. The molecule has 0 aromatic rings. The lowest BCUT2D eigenvalue weighted by Crippen LogP contribution is -2.36. The summed E-state index contributed by atoms with van der Waals surface area (Å²) >= 11 is 0. The van der Waals surface area contributed by atoms with Gasteiger partial charge in [-0.05, 0) is 0 Å². The topological polar surface area (TPSA) is 76.0 Å². The number of nitrogens with one attached hydrogen (secondary N) is 1. The summed E-state index contributed by atoms with van der Waals surface area (Å²) in [5.41, 5.74) is 0. The molecule has 2 aliphatic heterocycles. The van der Waals surface area contributed by atoms with E-state index in [1.807, 2.05) is 4.90 Å². The quantitative estimate of drug-likeness (QED) is 0.511. The first-order chi connectivity index (χ1) is 7.16. The van der Waals surface area contributed by atoms with Crippen LogP contribution in [0.3, 0.4) is 0 Å². The Kier molecular flexibility index (Phi) is 3.08. The number of aliphatic hydroxyl groups excluding tert-OH is 2. The van der Waals surface area contributed by atoms with Gasteiger partial charge in [-0.25, -0.2) is 4.79 Å². The van der Waals surface area contributed by atoms with Gasteiger partial charge in [0.25, 0.3) is 0 Å². The summed E-state index contributed by atoms with van der Waals surface area (Å²) in [4.78, 5) is 14.9. The van der Waals surface area contributed by atoms with Crippen LogP contribution < -0.4 is 5.32 Å². The van der Waals surface area contributed by atoms with Crippen molar-refractivity contribution in [1.82, 2.24) is 15.1 Å². The highest BCUT2D eigenvalue weighted by atomic mass is 16.3. The fraction of sp³-hybridized carbons (Fsp3) is 0.889. The first kappa shape index (κ1) is 10.7. The maximum atomic E-state index is 11.2. The molecule has 2 rings (SSSR count). The number of hydrogen-bond donors (Lipinski definition) is 3. The molecule has 0 aliphatic carbocycles. The summed E-state index contributed by atoms with van der Waals surface area (Å²) in [6.45, 7) is 3.82. The lowest BCUT2D eigenvalue weighted by Gasteiger charge is -2.19. The molecule has 0 unspecified atom stereocenters. The lowest BCUT2D eigenvalue weighted by atomic mass is 10.3. The van der Waals surface area contributed by atoms with Crippen LogP contribution in [0.15, 0.2) is 0 Å². The zero-order chi connectivity index (χ0) is 10.8. The number of rotatable bonds is 3. The van der Waals surface area contributed by atoms with Gasteiger partial charge in [-0.2, -0.15) is 0 Å². The number of carbonyl (C=O) groups is 1. The van der Waals surface area contributed by atoms with E-state index in [0.717, 1.165) is 6.54 Å². The van der Waals surface area contributed by atoms with Crippen molar-refractivity contribution >= 4 is 6.03 Å². The van der Waals surface area contributed by atoms with Crippen molar-refractivity contribution in [2.24, 2.45) is 0 Å². The molecule has 86 valence electrons. The zero-order valence-electron chi connectivity index (χ0n) is 8.59. The molecular formula is C9H17N3O3. The van der Waals surface area contributed by atoms with E-state index in [-0.39, 0.29) is 6.03 Å². The number of carbonyl (C=O) groups excluding carboxylic acids is 1. The Morgan fingerprint density at radius 1 is 1.27 bits per heavy atom. The third-order valence-corrected chi connectivity index (χ3v) is 2.97. The van der Waals surface area contributed by atoms with E-state index in [9.17, 15) is 15.0 Å². The average molecular weight is 215 g/mol. The smallest absolute Gasteiger partial charge is 0.317 e. The van der Waals surface area contributed by atoms with Crippen molar-refractivity contribution in [1.29, 1.82) is 0 Å². The fourth-order valence-corrected chi connectivity index (χ4v) is 2.02. The van der Waals surface area contributed by atoms with Crippen molar-refractivity contribution < 1.29 is 15.0 Å². The molecule has 0 bridgehead atoms. The van der Waals surface area contributed by atoms with Gasteiger partial charge in [0.05, 0.1) is 12.2 Å². The van der Waals surface area contributed by atoms with Crippen LogP contribution >= 0.6 is 0 Å². The third-order valence-electron chi connectivity index (χ3n) is 2.97. The van der Waals surface area contributed by atoms with Crippen LogP contribution in [0.25, 0.3) is 0 Å². The highest BCUT2D eigenvalue weighted by molar-refractivity contribution is 5.76. The highest BCUT2D eigenvalue weighted by Crippen LogP contribution is 2.09. The molecule has 2 fully saturated rings. The van der Waals surface area contributed by atoms with Gasteiger partial charge in [0.1, 0.15) is 0 Å². The molecule has 3 N–H and O–H groups in total. The lowest BCUT2D eigenvalue weighted by molar-refractivity contribution is 0.0572. The molecule has 0 aromatic heterocycles. The molecule has 0 spiro atoms. The van der Waals surface area contributed by atoms with Gasteiger partial charge in [-0.1, -0.05) is 0 Å². The minimum Gasteiger partial charge on any atom is -0.389 e. The van der Waals surface area contributed by atoms with E-state index < -0.39 is 12.2 Å². The summed E-state index contributed by atoms with van der Waals surface area (Å²) in [5, 5.41) is 21.4. The maximum Gasteiger partial charge on any atom is 0.317 e. The summed E-state index contributed by atoms with van der Waals surface area (Å²) in [6.07, 6.45) is -1.28. The van der Waals surface area contributed by atoms with E-state index in [1.165, 1.54) is 0 Å². The molecule has 0 aromatic carbocycles. The van der Waals surface area contributed by atoms with Crippen LogP contribution in [-0.4, -0.2) is 77.5 Å². The third kappa shape index (κ3) is 2.39. The molecule has 2 atom stereocenters. The largest absolute Gasteiger partial charge is 0.389 e. The normalized spacial score (nSPS) is 32.4. The molecule has 2 heterocycles. The van der Waals surface area contributed by atoms with Gasteiger partial charge >= 0.3 is 6.03 Å². The van der Waals surface area contributed by atoms with Gasteiger partial charge in [0.2, 0.25) is 0 Å². The Morgan fingerprint density at radius 2 is 1.93 bits per heavy atom. The van der Waals surface area contributed by atoms with E-state index in [4.69, 9.17) is 0 Å². The predicted octanol–water partition coefficient (Wildman–Crippen LogP) is -1.95. The van der Waals surface area contributed by atoms with Crippen LogP contribution in [0.1, 0.15) is 0 Å². The van der Waals surface area contributed by atoms with Gasteiger partial charge in [0, 0.05) is 39.3 Å². The van der Waals surface area contributed by atoms with Crippen LogP contribution in [0, 0.1) is 0 Å². The molecule has 2 aliphatic rings. The Labute approximate surface area is 88.5 Å². The standard InChI is InChI=1S/C9H17N3O3/c13-7-5-11(6-8(7)14)3-4-12-2-1-10-9(12)15/h7-8,13-14H,1-6H2,(H,10,15)/t7-,8+. The van der Waals surface area contributed by atoms with Crippen molar-refractivity contribution in [3.05, 3.63) is 0 Å². The number of β-amino-alcohol motifs (C(OH)–C–C–N with tert-alkyl or cyclic N) is 2. The first-order valence-electron chi connectivity index (χ1n) is 5.28. The summed E-state index contributed by atoms with van der Waals surface area (Å²) in [5.74, 6) is 0. The van der Waals surface area contributed by atoms with Crippen molar-refractivity contribution in [3.8, 4) is 0 Å². The maximum absolute atomic E-state index is 11.2. The van der Waals surface area contributed by atoms with Crippen LogP contribution in [-0.2, 0) is 0 Å². The number of aliphatic hydroxyl groups is 2. The van der Waals surface area contributed by atoms with E-state index in [1.54, 1.807) is 4.90 Å². The SMILES string of the molecule is O=C1NCCN1CCN1C[C@@H](O)[C@@H](O)C1. The highest BCUT2D eigenvalue weighted by Gasteiger charge is 2.30. The number of hydrogen-bond acceptors (Lipinski definition) is 4. The number of likely N-dealkylation sites (tertiary alicyclic amines) is 1. The molecular weight excluding hydrogens is 198 g/mol. The molecule has 2 saturated heterocycles. The van der Waals surface area contributed by atoms with Gasteiger partial charge in [0.15, 0.2) is 0 Å². The minimum absolute atomic E-state index is 0.0182. The number of urea groups is 1. The first-order valence-corrected chi connectivity index (χ1v) is 5.28. The second kappa shape index (κ2) is 4.34. The average Bonchev–Trinajstić information content (AvgIpc) is 2.72. The van der Waals surface area contributed by atoms with Gasteiger partial charge in [-0.15, -0.1) is 0 Å². The molecule has 2 amide bonds. The predicted molar refractivity (Wildman–Crippen MR) is 53.4 cm³/mol. The molecule has 6 nitrogen and oxygen atoms in total. The van der Waals surface area contributed by atoms with Crippen molar-refractivity contribution in [2.75, 3.05) is 39.3 Å². The van der Waals surface area contributed by atoms with Crippen molar-refractivity contribution in [3.63, 3.8) is 0 Å². The Bertz CT molecular complexity index is 239. The van der Waals surface area contributed by atoms with Crippen LogP contribution in [0.2, 0.25) is 0 Å². The number of nitrogens with zero attached hydrogens (tertiary/aromatic N) is 2. The summed E-state index contributed by atoms with van der Waals surface area (Å²) in [7, 11) is 0. The van der Waals surface area contributed by atoms with E-state index >= 15 is 0 Å². The van der Waals surface area contributed by atoms with E-state index in [2.05, 4.69) is 5.32 Å². The van der Waals surface area contributed by atoms with E-state index in [0.29, 0.717) is 32.7 Å². The molecule has 6 heteroatoms. The van der Waals surface area contributed by atoms with Crippen molar-refractivity contribution in [2.45, 2.75) is 12.2 Å². The Morgan fingerprint density at radius 3 is 2.47 bits per heavy atom. The molecule has 15 heavy (non-hydrogen) atoms. The molecule has 0 radical (unpaired) electrons. The van der Waals surface area contributed by atoms with Crippen LogP contribution in [0.4, 0.5) is 4.79 Å².